The van der Waals surface area contributed by atoms with Crippen molar-refractivity contribution in [1.29, 1.82) is 0 Å². The molecule has 20 heavy (non-hydrogen) atoms. The van der Waals surface area contributed by atoms with Crippen LogP contribution in [0.4, 0.5) is 11.4 Å². The lowest BCUT2D eigenvalue weighted by Gasteiger charge is -2.16. The summed E-state index contributed by atoms with van der Waals surface area (Å²) < 4.78 is 0. The van der Waals surface area contributed by atoms with Gasteiger partial charge < -0.3 is 11.5 Å². The number of hydrogen-bond donors (Lipinski definition) is 2. The van der Waals surface area contributed by atoms with Gasteiger partial charge in [0.15, 0.2) is 12.6 Å². The molecule has 102 valence electrons. The summed E-state index contributed by atoms with van der Waals surface area (Å²) in [5.74, 6) is 0. The smallest absolute Gasteiger partial charge is 0.150 e. The summed E-state index contributed by atoms with van der Waals surface area (Å²) in [5, 5.41) is 0. The van der Waals surface area contributed by atoms with Crippen LogP contribution in [0.1, 0.15) is 31.8 Å². The van der Waals surface area contributed by atoms with Gasteiger partial charge in [-0.15, -0.1) is 0 Å². The second kappa shape index (κ2) is 5.17. The Bertz CT molecular complexity index is 645. The molecule has 0 fully saturated rings. The van der Waals surface area contributed by atoms with Crippen molar-refractivity contribution in [1.82, 2.24) is 0 Å². The van der Waals surface area contributed by atoms with Crippen molar-refractivity contribution in [3.8, 4) is 11.1 Å². The van der Waals surface area contributed by atoms with Crippen LogP contribution >= 0.6 is 0 Å². The maximum Gasteiger partial charge on any atom is 0.150 e. The Morgan fingerprint density at radius 2 is 1.10 bits per heavy atom. The number of anilines is 2. The minimum atomic E-state index is 0.471. The van der Waals surface area contributed by atoms with Crippen LogP contribution in [0.5, 0.6) is 0 Å². The van der Waals surface area contributed by atoms with Gasteiger partial charge in [-0.1, -0.05) is 0 Å². The van der Waals surface area contributed by atoms with E-state index in [1.165, 1.54) is 0 Å². The molecule has 0 aromatic heterocycles. The zero-order valence-corrected chi connectivity index (χ0v) is 11.4. The van der Waals surface area contributed by atoms with Gasteiger partial charge in [0.2, 0.25) is 0 Å². The Balaban J connectivity index is 2.88. The summed E-state index contributed by atoms with van der Waals surface area (Å²) in [4.78, 5) is 22.6. The molecular formula is C16H16N2O2. The molecule has 4 heteroatoms. The Labute approximate surface area is 117 Å². The Hall–Kier alpha value is -2.62. The molecule has 0 saturated heterocycles. The van der Waals surface area contributed by atoms with E-state index in [0.717, 1.165) is 34.8 Å². The molecule has 0 atom stereocenters. The molecular weight excluding hydrogens is 252 g/mol. The number of carbonyl (C=O) groups excluding carboxylic acids is 2. The highest BCUT2D eigenvalue weighted by molar-refractivity contribution is 5.98. The van der Waals surface area contributed by atoms with Crippen molar-refractivity contribution in [2.45, 2.75) is 13.8 Å². The molecule has 0 aliphatic heterocycles. The predicted molar refractivity (Wildman–Crippen MR) is 81.0 cm³/mol. The van der Waals surface area contributed by atoms with Gasteiger partial charge in [0, 0.05) is 22.5 Å². The van der Waals surface area contributed by atoms with Gasteiger partial charge >= 0.3 is 0 Å². The number of rotatable bonds is 3. The molecule has 0 unspecified atom stereocenters. The first-order chi connectivity index (χ1) is 9.47. The number of aldehydes is 2. The second-order valence-electron chi connectivity index (χ2n) is 4.84. The zero-order chi connectivity index (χ0) is 14.9. The first kappa shape index (κ1) is 13.8. The average Bonchev–Trinajstić information content (AvgIpc) is 2.38. The van der Waals surface area contributed by atoms with Gasteiger partial charge in [-0.25, -0.2) is 0 Å². The van der Waals surface area contributed by atoms with Crippen molar-refractivity contribution in [3.05, 3.63) is 46.5 Å². The lowest BCUT2D eigenvalue weighted by Crippen LogP contribution is -2.01. The van der Waals surface area contributed by atoms with E-state index < -0.39 is 0 Å². The fraction of sp³-hybridized carbons (Fsp3) is 0.125. The quantitative estimate of drug-likeness (QED) is 0.662. The SMILES string of the molecule is Cc1cc(N)cc(C=O)c1-c1c(C)cc(N)cc1C=O. The third-order valence-electron chi connectivity index (χ3n) is 3.28. The highest BCUT2D eigenvalue weighted by Gasteiger charge is 2.16. The molecule has 0 radical (unpaired) electrons. The summed E-state index contributed by atoms with van der Waals surface area (Å²) in [7, 11) is 0. The largest absolute Gasteiger partial charge is 0.399 e. The number of aryl methyl sites for hydroxylation is 2. The lowest BCUT2D eigenvalue weighted by molar-refractivity contribution is 0.111. The van der Waals surface area contributed by atoms with Crippen LogP contribution in [-0.2, 0) is 0 Å². The third-order valence-corrected chi connectivity index (χ3v) is 3.28. The molecule has 0 heterocycles. The number of nitrogen functional groups attached to an aromatic ring is 2. The fourth-order valence-electron chi connectivity index (χ4n) is 2.56. The van der Waals surface area contributed by atoms with E-state index in [1.807, 2.05) is 13.8 Å². The zero-order valence-electron chi connectivity index (χ0n) is 11.4. The molecule has 2 rings (SSSR count). The Morgan fingerprint density at radius 3 is 1.40 bits per heavy atom. The van der Waals surface area contributed by atoms with Crippen LogP contribution in [-0.4, -0.2) is 12.6 Å². The van der Waals surface area contributed by atoms with Gasteiger partial charge in [0.1, 0.15) is 0 Å². The highest BCUT2D eigenvalue weighted by Crippen LogP contribution is 2.34. The molecule has 0 aliphatic rings. The first-order valence-electron chi connectivity index (χ1n) is 6.19. The summed E-state index contributed by atoms with van der Waals surface area (Å²) in [6.07, 6.45) is 1.51. The highest BCUT2D eigenvalue weighted by atomic mass is 16.1. The van der Waals surface area contributed by atoms with E-state index in [-0.39, 0.29) is 0 Å². The molecule has 0 bridgehead atoms. The van der Waals surface area contributed by atoms with Gasteiger partial charge in [0.25, 0.3) is 0 Å². The number of carbonyl (C=O) groups is 2. The number of benzene rings is 2. The van der Waals surface area contributed by atoms with Crippen LogP contribution in [0.2, 0.25) is 0 Å². The molecule has 2 aromatic rings. The minimum Gasteiger partial charge on any atom is -0.399 e. The van der Waals surface area contributed by atoms with Crippen LogP contribution < -0.4 is 11.5 Å². The van der Waals surface area contributed by atoms with Gasteiger partial charge in [-0.2, -0.15) is 0 Å². The first-order valence-corrected chi connectivity index (χ1v) is 6.19. The van der Waals surface area contributed by atoms with Crippen molar-refractivity contribution >= 4 is 23.9 Å². The summed E-state index contributed by atoms with van der Waals surface area (Å²) in [6.45, 7) is 3.73. The molecule has 4 N–H and O–H groups in total. The predicted octanol–water partition coefficient (Wildman–Crippen LogP) is 2.76. The standard InChI is InChI=1S/C16H16N2O2/c1-9-3-13(17)5-11(7-19)15(9)16-10(2)4-14(18)6-12(16)8-20/h3-8H,17-18H2,1-2H3. The molecule has 0 spiro atoms. The Morgan fingerprint density at radius 1 is 0.750 bits per heavy atom. The van der Waals surface area contributed by atoms with E-state index in [2.05, 4.69) is 0 Å². The second-order valence-corrected chi connectivity index (χ2v) is 4.84. The monoisotopic (exact) mass is 268 g/mol. The maximum absolute atomic E-state index is 11.3. The Kier molecular flexibility index (Phi) is 3.57. The van der Waals surface area contributed by atoms with Gasteiger partial charge in [-0.3, -0.25) is 9.59 Å². The third kappa shape index (κ3) is 2.28. The molecule has 0 amide bonds. The van der Waals surface area contributed by atoms with E-state index >= 15 is 0 Å². The average molecular weight is 268 g/mol. The number of hydrogen-bond acceptors (Lipinski definition) is 4. The van der Waals surface area contributed by atoms with Crippen molar-refractivity contribution < 1.29 is 9.59 Å². The minimum absolute atomic E-state index is 0.471. The van der Waals surface area contributed by atoms with Gasteiger partial charge in [-0.05, 0) is 60.4 Å². The van der Waals surface area contributed by atoms with Crippen LogP contribution in [0.3, 0.4) is 0 Å². The van der Waals surface area contributed by atoms with Gasteiger partial charge in [0.05, 0.1) is 0 Å². The lowest BCUT2D eigenvalue weighted by atomic mass is 9.88. The van der Waals surface area contributed by atoms with Crippen LogP contribution in [0.15, 0.2) is 24.3 Å². The molecule has 0 saturated carbocycles. The van der Waals surface area contributed by atoms with Crippen molar-refractivity contribution in [3.63, 3.8) is 0 Å². The molecule has 4 nitrogen and oxygen atoms in total. The topological polar surface area (TPSA) is 86.2 Å². The summed E-state index contributed by atoms with van der Waals surface area (Å²) in [6, 6.07) is 6.79. The van der Waals surface area contributed by atoms with Crippen LogP contribution in [0.25, 0.3) is 11.1 Å². The van der Waals surface area contributed by atoms with E-state index in [1.54, 1.807) is 24.3 Å². The fourth-order valence-corrected chi connectivity index (χ4v) is 2.56. The molecule has 2 aromatic carbocycles. The van der Waals surface area contributed by atoms with E-state index in [4.69, 9.17) is 11.5 Å². The van der Waals surface area contributed by atoms with Crippen molar-refractivity contribution in [2.24, 2.45) is 0 Å². The summed E-state index contributed by atoms with van der Waals surface area (Å²) >= 11 is 0. The van der Waals surface area contributed by atoms with E-state index in [0.29, 0.717) is 22.5 Å². The number of nitrogens with two attached hydrogens (primary N) is 2. The maximum atomic E-state index is 11.3. The van der Waals surface area contributed by atoms with Crippen molar-refractivity contribution in [2.75, 3.05) is 11.5 Å². The van der Waals surface area contributed by atoms with Crippen LogP contribution in [0, 0.1) is 13.8 Å². The normalized spacial score (nSPS) is 10.3. The van der Waals surface area contributed by atoms with E-state index in [9.17, 15) is 9.59 Å². The summed E-state index contributed by atoms with van der Waals surface area (Å²) in [5.41, 5.74) is 16.7. The molecule has 0 aliphatic carbocycles.